The number of aromatic amines is 1. The molecular formula is C26H28F6N4O5S. The minimum atomic E-state index is -5.08. The number of benzene rings is 1. The fraction of sp³-hybridized carbons (Fsp3) is 0.385. The van der Waals surface area contributed by atoms with Gasteiger partial charge in [0.25, 0.3) is 5.56 Å². The smallest absolute Gasteiger partial charge is 0.475 e. The zero-order valence-electron chi connectivity index (χ0n) is 22.1. The highest BCUT2D eigenvalue weighted by molar-refractivity contribution is 7.09. The van der Waals surface area contributed by atoms with Crippen LogP contribution in [0.25, 0.3) is 11.4 Å². The zero-order valence-corrected chi connectivity index (χ0v) is 22.9. The Morgan fingerprint density at radius 3 is 2.00 bits per heavy atom. The molecule has 3 aromatic rings. The summed E-state index contributed by atoms with van der Waals surface area (Å²) in [5.41, 5.74) is 3.05. The number of piperidine rings is 1. The molecule has 0 aliphatic carbocycles. The van der Waals surface area contributed by atoms with E-state index in [4.69, 9.17) is 24.8 Å². The summed E-state index contributed by atoms with van der Waals surface area (Å²) in [6.45, 7) is 3.81. The van der Waals surface area contributed by atoms with Gasteiger partial charge in [-0.15, -0.1) is 11.3 Å². The number of H-pyrrole nitrogens is 1. The Bertz CT molecular complexity index is 1310. The van der Waals surface area contributed by atoms with Crippen molar-refractivity contribution >= 4 is 23.3 Å². The van der Waals surface area contributed by atoms with Gasteiger partial charge in [0.2, 0.25) is 0 Å². The molecule has 230 valence electrons. The minimum absolute atomic E-state index is 0.0710. The lowest BCUT2D eigenvalue weighted by Gasteiger charge is -2.22. The first kappa shape index (κ1) is 34.4. The van der Waals surface area contributed by atoms with Crippen LogP contribution in [-0.2, 0) is 22.7 Å². The SMILES string of the molecule is CN(Cc1ccc(-c2nc(C3CCNCC3)cc(=O)[nH]2)cc1)Cc1cccs1.O=C(O)C(F)(F)F.O=C(O)C(F)(F)F. The molecule has 1 aliphatic heterocycles. The number of hydrogen-bond donors (Lipinski definition) is 4. The fourth-order valence-electron chi connectivity index (χ4n) is 3.74. The molecule has 2 aromatic heterocycles. The van der Waals surface area contributed by atoms with Gasteiger partial charge in [0.15, 0.2) is 0 Å². The predicted molar refractivity (Wildman–Crippen MR) is 142 cm³/mol. The number of nitrogens with one attached hydrogen (secondary N) is 2. The Balaban J connectivity index is 0.000000367. The molecule has 9 nitrogen and oxygen atoms in total. The highest BCUT2D eigenvalue weighted by atomic mass is 32.1. The summed E-state index contributed by atoms with van der Waals surface area (Å²) in [6.07, 6.45) is -8.10. The van der Waals surface area contributed by atoms with Gasteiger partial charge < -0.3 is 20.5 Å². The number of rotatable bonds is 6. The van der Waals surface area contributed by atoms with Crippen LogP contribution < -0.4 is 10.9 Å². The number of carboxylic acid groups (broad SMARTS) is 2. The first-order valence-corrected chi connectivity index (χ1v) is 13.2. The predicted octanol–water partition coefficient (Wildman–Crippen LogP) is 4.86. The van der Waals surface area contributed by atoms with Crippen molar-refractivity contribution in [1.82, 2.24) is 20.2 Å². The summed E-state index contributed by atoms with van der Waals surface area (Å²) in [6, 6.07) is 14.3. The lowest BCUT2D eigenvalue weighted by Crippen LogP contribution is -2.28. The number of aliphatic carboxylic acids is 2. The summed E-state index contributed by atoms with van der Waals surface area (Å²) in [5, 5.41) is 19.7. The van der Waals surface area contributed by atoms with E-state index in [1.54, 1.807) is 17.4 Å². The molecule has 0 bridgehead atoms. The number of hydrogen-bond acceptors (Lipinski definition) is 7. The highest BCUT2D eigenvalue weighted by Gasteiger charge is 2.38. The van der Waals surface area contributed by atoms with Crippen molar-refractivity contribution in [3.8, 4) is 11.4 Å². The second kappa shape index (κ2) is 15.5. The second-order valence-corrected chi connectivity index (χ2v) is 10.1. The Morgan fingerprint density at radius 1 is 0.976 bits per heavy atom. The average molecular weight is 623 g/mol. The molecule has 0 unspecified atom stereocenters. The summed E-state index contributed by atoms with van der Waals surface area (Å²) in [7, 11) is 2.13. The molecule has 1 aliphatic rings. The molecule has 4 N–H and O–H groups in total. The van der Waals surface area contributed by atoms with Crippen molar-refractivity contribution in [1.29, 1.82) is 0 Å². The second-order valence-electron chi connectivity index (χ2n) is 9.10. The Hall–Kier alpha value is -3.76. The quantitative estimate of drug-likeness (QED) is 0.286. The maximum atomic E-state index is 12.2. The van der Waals surface area contributed by atoms with Gasteiger partial charge in [-0.1, -0.05) is 30.3 Å². The first-order valence-electron chi connectivity index (χ1n) is 12.3. The Kier molecular flexibility index (Phi) is 12.7. The Morgan fingerprint density at radius 2 is 1.52 bits per heavy atom. The van der Waals surface area contributed by atoms with E-state index in [9.17, 15) is 31.1 Å². The molecule has 4 rings (SSSR count). The van der Waals surface area contributed by atoms with Crippen LogP contribution in [-0.4, -0.2) is 69.5 Å². The van der Waals surface area contributed by atoms with E-state index in [1.165, 1.54) is 10.4 Å². The number of thiophene rings is 1. The molecule has 42 heavy (non-hydrogen) atoms. The molecule has 0 spiro atoms. The maximum absolute atomic E-state index is 12.2. The van der Waals surface area contributed by atoms with E-state index in [2.05, 4.69) is 64.0 Å². The van der Waals surface area contributed by atoms with E-state index in [0.29, 0.717) is 11.7 Å². The van der Waals surface area contributed by atoms with Crippen molar-refractivity contribution in [3.63, 3.8) is 0 Å². The zero-order chi connectivity index (χ0) is 31.5. The number of aromatic nitrogens is 2. The van der Waals surface area contributed by atoms with Crippen LogP contribution in [0.5, 0.6) is 0 Å². The molecule has 1 fully saturated rings. The topological polar surface area (TPSA) is 136 Å². The van der Waals surface area contributed by atoms with Crippen molar-refractivity contribution < 1.29 is 46.1 Å². The van der Waals surface area contributed by atoms with Gasteiger partial charge in [-0.3, -0.25) is 9.69 Å². The summed E-state index contributed by atoms with van der Waals surface area (Å²) >= 11 is 1.79. The van der Waals surface area contributed by atoms with Crippen LogP contribution in [0.3, 0.4) is 0 Å². The van der Waals surface area contributed by atoms with Gasteiger partial charge in [0.1, 0.15) is 5.82 Å². The third kappa shape index (κ3) is 12.0. The van der Waals surface area contributed by atoms with E-state index in [-0.39, 0.29) is 5.56 Å². The normalized spacial score (nSPS) is 13.9. The van der Waals surface area contributed by atoms with Gasteiger partial charge in [-0.25, -0.2) is 14.6 Å². The molecule has 1 saturated heterocycles. The standard InChI is InChI=1S/C22H26N4OS.2C2HF3O2/c1-26(15-19-3-2-12-28-19)14-16-4-6-18(7-5-16)22-24-20(13-21(27)25-22)17-8-10-23-11-9-17;2*3-2(4,5)1(6)7/h2-7,12-13,17,23H,8-11,14-15H2,1H3,(H,24,25,27);2*(H,6,7). The lowest BCUT2D eigenvalue weighted by atomic mass is 9.94. The molecule has 0 amide bonds. The number of carbonyl (C=O) groups is 2. The van der Waals surface area contributed by atoms with Crippen molar-refractivity contribution in [3.05, 3.63) is 74.3 Å². The monoisotopic (exact) mass is 622 g/mol. The van der Waals surface area contributed by atoms with Crippen LogP contribution in [0, 0.1) is 0 Å². The maximum Gasteiger partial charge on any atom is 0.490 e. The largest absolute Gasteiger partial charge is 0.490 e. The molecular weight excluding hydrogens is 594 g/mol. The van der Waals surface area contributed by atoms with E-state index in [1.807, 2.05) is 0 Å². The average Bonchev–Trinajstić information content (AvgIpc) is 3.42. The summed E-state index contributed by atoms with van der Waals surface area (Å²) < 4.78 is 63.5. The van der Waals surface area contributed by atoms with Crippen LogP contribution in [0.15, 0.2) is 52.6 Å². The molecule has 0 atom stereocenters. The number of alkyl halides is 6. The molecule has 0 radical (unpaired) electrons. The number of carboxylic acids is 2. The van der Waals surface area contributed by atoms with Gasteiger partial charge in [0.05, 0.1) is 5.69 Å². The van der Waals surface area contributed by atoms with Crippen LogP contribution in [0.4, 0.5) is 26.3 Å². The van der Waals surface area contributed by atoms with Crippen LogP contribution in [0.1, 0.15) is 34.9 Å². The highest BCUT2D eigenvalue weighted by Crippen LogP contribution is 2.24. The summed E-state index contributed by atoms with van der Waals surface area (Å²) in [5.74, 6) is -4.48. The van der Waals surface area contributed by atoms with Crippen molar-refractivity contribution in [2.24, 2.45) is 0 Å². The molecule has 3 heterocycles. The van der Waals surface area contributed by atoms with Gasteiger partial charge in [-0.2, -0.15) is 26.3 Å². The lowest BCUT2D eigenvalue weighted by molar-refractivity contribution is -0.193. The van der Waals surface area contributed by atoms with Crippen molar-refractivity contribution in [2.75, 3.05) is 20.1 Å². The van der Waals surface area contributed by atoms with Gasteiger partial charge in [-0.05, 0) is 50.0 Å². The molecule has 16 heteroatoms. The van der Waals surface area contributed by atoms with Gasteiger partial charge in [0, 0.05) is 35.5 Å². The minimum Gasteiger partial charge on any atom is -0.475 e. The van der Waals surface area contributed by atoms with E-state index in [0.717, 1.165) is 50.3 Å². The number of nitrogens with zero attached hydrogens (tertiary/aromatic N) is 2. The van der Waals surface area contributed by atoms with Gasteiger partial charge >= 0.3 is 24.3 Å². The van der Waals surface area contributed by atoms with Crippen LogP contribution in [0.2, 0.25) is 0 Å². The third-order valence-corrected chi connectivity index (χ3v) is 6.55. The van der Waals surface area contributed by atoms with E-state index < -0.39 is 24.3 Å². The third-order valence-electron chi connectivity index (χ3n) is 5.69. The van der Waals surface area contributed by atoms with Crippen LogP contribution >= 0.6 is 11.3 Å². The fourth-order valence-corrected chi connectivity index (χ4v) is 4.53. The number of halogens is 6. The molecule has 1 aromatic carbocycles. The van der Waals surface area contributed by atoms with Crippen molar-refractivity contribution in [2.45, 2.75) is 44.2 Å². The summed E-state index contributed by atoms with van der Waals surface area (Å²) in [4.78, 5) is 41.3. The van der Waals surface area contributed by atoms with E-state index >= 15 is 0 Å². The molecule has 0 saturated carbocycles. The first-order chi connectivity index (χ1) is 19.6. The Labute approximate surface area is 239 Å².